The molecule has 1 atom stereocenters. The second kappa shape index (κ2) is 4.65. The molecule has 1 aromatic carbocycles. The predicted molar refractivity (Wildman–Crippen MR) is 72.9 cm³/mol. The van der Waals surface area contributed by atoms with Crippen molar-refractivity contribution in [3.05, 3.63) is 35.9 Å². The van der Waals surface area contributed by atoms with Gasteiger partial charge < -0.3 is 14.4 Å². The molecule has 102 valence electrons. The van der Waals surface area contributed by atoms with Crippen molar-refractivity contribution in [2.75, 3.05) is 0 Å². The van der Waals surface area contributed by atoms with Gasteiger partial charge in [0.15, 0.2) is 0 Å². The van der Waals surface area contributed by atoms with Crippen LogP contribution in [0.25, 0.3) is 0 Å². The second-order valence-corrected chi connectivity index (χ2v) is 5.85. The summed E-state index contributed by atoms with van der Waals surface area (Å²) in [5.74, 6) is -1.76. The lowest BCUT2D eigenvalue weighted by Gasteiger charge is -2.32. The van der Waals surface area contributed by atoms with Crippen LogP contribution in [-0.2, 0) is 14.1 Å². The summed E-state index contributed by atoms with van der Waals surface area (Å²) in [5.41, 5.74) is -0.367. The van der Waals surface area contributed by atoms with Gasteiger partial charge in [-0.1, -0.05) is 30.3 Å². The second-order valence-electron chi connectivity index (χ2n) is 5.85. The van der Waals surface area contributed by atoms with Gasteiger partial charge in [-0.3, -0.25) is 4.79 Å². The molecule has 1 N–H and O–H groups in total. The van der Waals surface area contributed by atoms with E-state index in [2.05, 4.69) is 0 Å². The molecule has 1 aliphatic rings. The number of hydrogen-bond acceptors (Lipinski definition) is 3. The molecule has 2 rings (SSSR count). The molecule has 0 saturated carbocycles. The number of aliphatic carboxylic acids is 1. The summed E-state index contributed by atoms with van der Waals surface area (Å²) in [5, 5.41) is 9.47. The molecular formula is C14H19BO4. The first-order chi connectivity index (χ1) is 8.74. The number of carboxylic acids is 1. The highest BCUT2D eigenvalue weighted by molar-refractivity contribution is 6.52. The smallest absolute Gasteiger partial charge is 0.477 e. The van der Waals surface area contributed by atoms with Crippen molar-refractivity contribution in [3.8, 4) is 0 Å². The van der Waals surface area contributed by atoms with Gasteiger partial charge in [-0.25, -0.2) is 0 Å². The third kappa shape index (κ3) is 2.53. The Bertz CT molecular complexity index is 454. The molecule has 1 saturated heterocycles. The highest BCUT2D eigenvalue weighted by atomic mass is 16.7. The Morgan fingerprint density at radius 2 is 1.58 bits per heavy atom. The summed E-state index contributed by atoms with van der Waals surface area (Å²) in [6.45, 7) is 7.65. The van der Waals surface area contributed by atoms with Crippen molar-refractivity contribution < 1.29 is 19.2 Å². The molecule has 1 fully saturated rings. The fourth-order valence-electron chi connectivity index (χ4n) is 2.10. The summed E-state index contributed by atoms with van der Waals surface area (Å²) >= 11 is 0. The van der Waals surface area contributed by atoms with Crippen LogP contribution in [0.1, 0.15) is 39.1 Å². The van der Waals surface area contributed by atoms with Crippen LogP contribution in [-0.4, -0.2) is 29.4 Å². The molecule has 1 aromatic rings. The van der Waals surface area contributed by atoms with Crippen LogP contribution < -0.4 is 0 Å². The first-order valence-corrected chi connectivity index (χ1v) is 6.38. The normalized spacial score (nSPS) is 22.2. The van der Waals surface area contributed by atoms with Gasteiger partial charge in [-0.2, -0.15) is 0 Å². The van der Waals surface area contributed by atoms with Gasteiger partial charge in [0.05, 0.1) is 11.2 Å². The molecule has 1 aliphatic heterocycles. The van der Waals surface area contributed by atoms with E-state index in [0.717, 1.165) is 0 Å². The van der Waals surface area contributed by atoms with Crippen LogP contribution in [0.2, 0.25) is 0 Å². The van der Waals surface area contributed by atoms with Crippen LogP contribution >= 0.6 is 0 Å². The van der Waals surface area contributed by atoms with E-state index in [0.29, 0.717) is 5.56 Å². The lowest BCUT2D eigenvalue weighted by atomic mass is 9.68. The van der Waals surface area contributed by atoms with E-state index in [9.17, 15) is 9.90 Å². The Morgan fingerprint density at radius 3 is 2.00 bits per heavy atom. The molecule has 1 unspecified atom stereocenters. The standard InChI is InChI=1S/C14H19BO4/c1-13(2)14(3,4)19-15(18-13)11(12(16)17)10-8-6-5-7-9-10/h5-9,11H,1-4H3,(H,16,17). The van der Waals surface area contributed by atoms with Crippen molar-refractivity contribution in [1.29, 1.82) is 0 Å². The minimum Gasteiger partial charge on any atom is -0.481 e. The number of carboxylic acid groups (broad SMARTS) is 1. The molecule has 19 heavy (non-hydrogen) atoms. The molecule has 0 amide bonds. The fourth-order valence-corrected chi connectivity index (χ4v) is 2.10. The molecule has 0 aliphatic carbocycles. The Balaban J connectivity index is 2.31. The highest BCUT2D eigenvalue weighted by Gasteiger charge is 2.55. The van der Waals surface area contributed by atoms with Crippen LogP contribution in [0, 0.1) is 0 Å². The Hall–Kier alpha value is -1.33. The summed E-state index contributed by atoms with van der Waals surface area (Å²) in [6.07, 6.45) is 0. The monoisotopic (exact) mass is 262 g/mol. The third-order valence-corrected chi connectivity index (χ3v) is 3.97. The van der Waals surface area contributed by atoms with Crippen molar-refractivity contribution in [3.63, 3.8) is 0 Å². The van der Waals surface area contributed by atoms with Gasteiger partial charge in [-0.15, -0.1) is 0 Å². The maximum atomic E-state index is 11.5. The number of carbonyl (C=O) groups is 1. The van der Waals surface area contributed by atoms with Gasteiger partial charge in [0.1, 0.15) is 5.82 Å². The van der Waals surface area contributed by atoms with Crippen LogP contribution in [0.15, 0.2) is 30.3 Å². The van der Waals surface area contributed by atoms with E-state index < -0.39 is 30.1 Å². The van der Waals surface area contributed by atoms with Crippen molar-refractivity contribution >= 4 is 13.1 Å². The number of rotatable bonds is 3. The van der Waals surface area contributed by atoms with E-state index >= 15 is 0 Å². The van der Waals surface area contributed by atoms with Crippen molar-refractivity contribution in [2.24, 2.45) is 0 Å². The molecule has 4 nitrogen and oxygen atoms in total. The quantitative estimate of drug-likeness (QED) is 0.850. The van der Waals surface area contributed by atoms with Crippen LogP contribution in [0.4, 0.5) is 0 Å². The number of benzene rings is 1. The van der Waals surface area contributed by atoms with Gasteiger partial charge in [-0.05, 0) is 33.3 Å². The first kappa shape index (κ1) is 14.1. The zero-order valence-electron chi connectivity index (χ0n) is 11.7. The summed E-state index contributed by atoms with van der Waals surface area (Å²) in [4.78, 5) is 11.5. The summed E-state index contributed by atoms with van der Waals surface area (Å²) in [6, 6.07) is 9.05. The summed E-state index contributed by atoms with van der Waals surface area (Å²) < 4.78 is 11.7. The molecule has 0 radical (unpaired) electrons. The SMILES string of the molecule is CC1(C)OB(C(C(=O)O)c2ccccc2)OC1(C)C. The lowest BCUT2D eigenvalue weighted by molar-refractivity contribution is -0.137. The van der Waals surface area contributed by atoms with Crippen LogP contribution in [0.3, 0.4) is 0 Å². The molecule has 5 heteroatoms. The van der Waals surface area contributed by atoms with E-state index in [4.69, 9.17) is 9.31 Å². The molecular weight excluding hydrogens is 243 g/mol. The zero-order chi connectivity index (χ0) is 14.3. The molecule has 0 bridgehead atoms. The lowest BCUT2D eigenvalue weighted by Crippen LogP contribution is -2.41. The zero-order valence-corrected chi connectivity index (χ0v) is 11.7. The minimum atomic E-state index is -0.940. The fraction of sp³-hybridized carbons (Fsp3) is 0.500. The van der Waals surface area contributed by atoms with Gasteiger partial charge in [0.25, 0.3) is 0 Å². The predicted octanol–water partition coefficient (Wildman–Crippen LogP) is 2.49. The van der Waals surface area contributed by atoms with E-state index in [1.165, 1.54) is 0 Å². The average Bonchev–Trinajstić information content (AvgIpc) is 2.48. The minimum absolute atomic E-state index is 0.528. The van der Waals surface area contributed by atoms with Crippen molar-refractivity contribution in [2.45, 2.75) is 44.7 Å². The van der Waals surface area contributed by atoms with Gasteiger partial charge in [0.2, 0.25) is 0 Å². The summed E-state index contributed by atoms with van der Waals surface area (Å²) in [7, 11) is -0.773. The Kier molecular flexibility index (Phi) is 3.45. The van der Waals surface area contributed by atoms with E-state index in [-0.39, 0.29) is 0 Å². The largest absolute Gasteiger partial charge is 0.481 e. The topological polar surface area (TPSA) is 55.8 Å². The van der Waals surface area contributed by atoms with Gasteiger partial charge >= 0.3 is 13.1 Å². The van der Waals surface area contributed by atoms with E-state index in [1.807, 2.05) is 45.9 Å². The van der Waals surface area contributed by atoms with Gasteiger partial charge in [0, 0.05) is 0 Å². The van der Waals surface area contributed by atoms with Crippen LogP contribution in [0.5, 0.6) is 0 Å². The maximum Gasteiger partial charge on any atom is 0.477 e. The third-order valence-electron chi connectivity index (χ3n) is 3.97. The average molecular weight is 262 g/mol. The number of hydrogen-bond donors (Lipinski definition) is 1. The molecule has 0 spiro atoms. The first-order valence-electron chi connectivity index (χ1n) is 6.38. The van der Waals surface area contributed by atoms with Crippen molar-refractivity contribution in [1.82, 2.24) is 0 Å². The Morgan fingerprint density at radius 1 is 1.11 bits per heavy atom. The maximum absolute atomic E-state index is 11.5. The highest BCUT2D eigenvalue weighted by Crippen LogP contribution is 2.40. The van der Waals surface area contributed by atoms with E-state index in [1.54, 1.807) is 12.1 Å². The molecule has 0 aromatic heterocycles. The molecule has 1 heterocycles. The Labute approximate surface area is 113 Å².